The zero-order valence-electron chi connectivity index (χ0n) is 13.5. The number of rotatable bonds is 4. The molecule has 124 valence electrons. The normalized spacial score (nSPS) is 18.8. The molecular weight excluding hydrogens is 322 g/mol. The second kappa shape index (κ2) is 6.84. The molecule has 0 amide bonds. The standard InChI is InChI=1S/C18H19N3O2S/c1-13-12-24-18(19-13)16-10-21(7-8-22-16)9-15-11-23-17(20-15)14-5-3-2-4-6-14/h2-6,11-12,16H,7-10H2,1H3/t16-/m0/s1. The van der Waals surface area contributed by atoms with Gasteiger partial charge in [-0.2, -0.15) is 0 Å². The second-order valence-corrected chi connectivity index (χ2v) is 6.82. The molecule has 3 heterocycles. The van der Waals surface area contributed by atoms with Gasteiger partial charge in [0, 0.05) is 36.3 Å². The van der Waals surface area contributed by atoms with Crippen LogP contribution in [-0.2, 0) is 11.3 Å². The first-order valence-electron chi connectivity index (χ1n) is 8.04. The van der Waals surface area contributed by atoms with Crippen molar-refractivity contribution in [3.63, 3.8) is 0 Å². The largest absolute Gasteiger partial charge is 0.444 e. The van der Waals surface area contributed by atoms with Crippen molar-refractivity contribution in [3.05, 3.63) is 58.4 Å². The number of oxazole rings is 1. The average molecular weight is 341 g/mol. The van der Waals surface area contributed by atoms with E-state index in [1.807, 2.05) is 37.3 Å². The van der Waals surface area contributed by atoms with Crippen molar-refractivity contribution in [3.8, 4) is 11.5 Å². The summed E-state index contributed by atoms with van der Waals surface area (Å²) in [5.74, 6) is 0.672. The number of hydrogen-bond donors (Lipinski definition) is 0. The van der Waals surface area contributed by atoms with Crippen LogP contribution in [0.15, 0.2) is 46.4 Å². The summed E-state index contributed by atoms with van der Waals surface area (Å²) < 4.78 is 11.5. The van der Waals surface area contributed by atoms with Gasteiger partial charge in [0.15, 0.2) is 0 Å². The van der Waals surface area contributed by atoms with E-state index in [2.05, 4.69) is 20.2 Å². The van der Waals surface area contributed by atoms with Gasteiger partial charge in [-0.3, -0.25) is 4.90 Å². The summed E-state index contributed by atoms with van der Waals surface area (Å²) >= 11 is 1.67. The van der Waals surface area contributed by atoms with Crippen LogP contribution in [0.1, 0.15) is 22.5 Å². The zero-order chi connectivity index (χ0) is 16.4. The van der Waals surface area contributed by atoms with Gasteiger partial charge in [-0.1, -0.05) is 18.2 Å². The maximum atomic E-state index is 5.88. The van der Waals surface area contributed by atoms with E-state index in [0.29, 0.717) is 12.5 Å². The van der Waals surface area contributed by atoms with Gasteiger partial charge in [-0.25, -0.2) is 9.97 Å². The summed E-state index contributed by atoms with van der Waals surface area (Å²) in [7, 11) is 0. The van der Waals surface area contributed by atoms with Crippen LogP contribution in [0.5, 0.6) is 0 Å². The summed E-state index contributed by atoms with van der Waals surface area (Å²) in [6.45, 7) is 5.23. The van der Waals surface area contributed by atoms with Gasteiger partial charge in [-0.05, 0) is 19.1 Å². The Labute approximate surface area is 144 Å². The molecule has 1 aliphatic heterocycles. The van der Waals surface area contributed by atoms with Gasteiger partial charge in [0.05, 0.1) is 12.3 Å². The molecule has 1 aliphatic rings. The van der Waals surface area contributed by atoms with Gasteiger partial charge < -0.3 is 9.15 Å². The molecule has 1 saturated heterocycles. The van der Waals surface area contributed by atoms with Gasteiger partial charge in [-0.15, -0.1) is 11.3 Å². The lowest BCUT2D eigenvalue weighted by Gasteiger charge is -2.31. The molecule has 0 saturated carbocycles. The van der Waals surface area contributed by atoms with Gasteiger partial charge >= 0.3 is 0 Å². The molecule has 0 unspecified atom stereocenters. The molecule has 0 radical (unpaired) electrons. The fourth-order valence-electron chi connectivity index (χ4n) is 2.84. The van der Waals surface area contributed by atoms with E-state index in [0.717, 1.165) is 41.6 Å². The fourth-order valence-corrected chi connectivity index (χ4v) is 3.67. The van der Waals surface area contributed by atoms with E-state index in [-0.39, 0.29) is 6.10 Å². The SMILES string of the molecule is Cc1csc([C@@H]2CN(Cc3coc(-c4ccccc4)n3)CCO2)n1. The molecule has 24 heavy (non-hydrogen) atoms. The van der Waals surface area contributed by atoms with Crippen molar-refractivity contribution < 1.29 is 9.15 Å². The Kier molecular flexibility index (Phi) is 4.42. The van der Waals surface area contributed by atoms with Gasteiger partial charge in [0.2, 0.25) is 5.89 Å². The Balaban J connectivity index is 1.43. The molecule has 6 heteroatoms. The maximum Gasteiger partial charge on any atom is 0.226 e. The highest BCUT2D eigenvalue weighted by atomic mass is 32.1. The molecule has 0 aliphatic carbocycles. The van der Waals surface area contributed by atoms with Crippen molar-refractivity contribution >= 4 is 11.3 Å². The summed E-state index contributed by atoms with van der Waals surface area (Å²) in [6.07, 6.45) is 1.80. The summed E-state index contributed by atoms with van der Waals surface area (Å²) in [6, 6.07) is 9.97. The quantitative estimate of drug-likeness (QED) is 0.724. The highest BCUT2D eigenvalue weighted by molar-refractivity contribution is 7.09. The smallest absolute Gasteiger partial charge is 0.226 e. The number of morpholine rings is 1. The van der Waals surface area contributed by atoms with E-state index < -0.39 is 0 Å². The van der Waals surface area contributed by atoms with E-state index >= 15 is 0 Å². The van der Waals surface area contributed by atoms with Crippen LogP contribution in [-0.4, -0.2) is 34.6 Å². The average Bonchev–Trinajstić information content (AvgIpc) is 3.25. The first-order chi connectivity index (χ1) is 11.8. The summed E-state index contributed by atoms with van der Waals surface area (Å²) in [5, 5.41) is 3.13. The number of ether oxygens (including phenoxy) is 1. The van der Waals surface area contributed by atoms with Crippen LogP contribution < -0.4 is 0 Å². The number of nitrogens with zero attached hydrogens (tertiary/aromatic N) is 3. The number of benzene rings is 1. The highest BCUT2D eigenvalue weighted by Gasteiger charge is 2.25. The van der Waals surface area contributed by atoms with Crippen LogP contribution >= 0.6 is 11.3 Å². The van der Waals surface area contributed by atoms with Gasteiger partial charge in [0.1, 0.15) is 17.4 Å². The molecule has 3 aromatic rings. The van der Waals surface area contributed by atoms with E-state index in [1.165, 1.54) is 0 Å². The van der Waals surface area contributed by atoms with Crippen molar-refractivity contribution in [2.75, 3.05) is 19.7 Å². The highest BCUT2D eigenvalue weighted by Crippen LogP contribution is 2.26. The fraction of sp³-hybridized carbons (Fsp3) is 0.333. The molecule has 0 N–H and O–H groups in total. The molecule has 2 aromatic heterocycles. The predicted octanol–water partition coefficient (Wildman–Crippen LogP) is 3.68. The number of thiazole rings is 1. The van der Waals surface area contributed by atoms with Crippen LogP contribution in [0.2, 0.25) is 0 Å². The van der Waals surface area contributed by atoms with E-state index in [4.69, 9.17) is 9.15 Å². The van der Waals surface area contributed by atoms with Crippen LogP contribution in [0.4, 0.5) is 0 Å². The van der Waals surface area contributed by atoms with Crippen molar-refractivity contribution in [1.29, 1.82) is 0 Å². The van der Waals surface area contributed by atoms with Crippen LogP contribution in [0.25, 0.3) is 11.5 Å². The van der Waals surface area contributed by atoms with Crippen molar-refractivity contribution in [2.24, 2.45) is 0 Å². The van der Waals surface area contributed by atoms with Crippen LogP contribution in [0.3, 0.4) is 0 Å². The van der Waals surface area contributed by atoms with Gasteiger partial charge in [0.25, 0.3) is 0 Å². The third-order valence-corrected chi connectivity index (χ3v) is 5.08. The molecule has 5 nitrogen and oxygen atoms in total. The monoisotopic (exact) mass is 341 g/mol. The third-order valence-electron chi connectivity index (χ3n) is 4.02. The number of aromatic nitrogens is 2. The Bertz CT molecular complexity index is 799. The lowest BCUT2D eigenvalue weighted by Crippen LogP contribution is -2.37. The first kappa shape index (κ1) is 15.5. The Morgan fingerprint density at radius 3 is 2.92 bits per heavy atom. The Morgan fingerprint density at radius 1 is 1.25 bits per heavy atom. The summed E-state index contributed by atoms with van der Waals surface area (Å²) in [5.41, 5.74) is 3.01. The third kappa shape index (κ3) is 3.40. The molecule has 1 atom stereocenters. The Morgan fingerprint density at radius 2 is 2.12 bits per heavy atom. The molecule has 4 rings (SSSR count). The first-order valence-corrected chi connectivity index (χ1v) is 8.92. The zero-order valence-corrected chi connectivity index (χ0v) is 14.3. The molecule has 0 spiro atoms. The maximum absolute atomic E-state index is 5.88. The molecule has 0 bridgehead atoms. The van der Waals surface area contributed by atoms with Crippen molar-refractivity contribution in [2.45, 2.75) is 19.6 Å². The molecular formula is C18H19N3O2S. The molecule has 1 fully saturated rings. The minimum absolute atomic E-state index is 0.0537. The minimum atomic E-state index is 0.0537. The summed E-state index contributed by atoms with van der Waals surface area (Å²) in [4.78, 5) is 11.5. The number of aryl methyl sites for hydroxylation is 1. The lowest BCUT2D eigenvalue weighted by molar-refractivity contribution is -0.0334. The predicted molar refractivity (Wildman–Crippen MR) is 92.8 cm³/mol. The topological polar surface area (TPSA) is 51.4 Å². The number of hydrogen-bond acceptors (Lipinski definition) is 6. The second-order valence-electron chi connectivity index (χ2n) is 5.93. The minimum Gasteiger partial charge on any atom is -0.444 e. The lowest BCUT2D eigenvalue weighted by atomic mass is 10.2. The van der Waals surface area contributed by atoms with E-state index in [9.17, 15) is 0 Å². The van der Waals surface area contributed by atoms with E-state index in [1.54, 1.807) is 17.6 Å². The van der Waals surface area contributed by atoms with Crippen molar-refractivity contribution in [1.82, 2.24) is 14.9 Å². The molecule has 1 aromatic carbocycles. The Hall–Kier alpha value is -2.02. The van der Waals surface area contributed by atoms with Crippen LogP contribution in [0, 0.1) is 6.92 Å².